The third-order valence-corrected chi connectivity index (χ3v) is 0.406. The predicted molar refractivity (Wildman–Crippen MR) is 33.8 cm³/mol. The molecule has 0 aliphatic heterocycles. The van der Waals surface area contributed by atoms with Crippen molar-refractivity contribution in [1.82, 2.24) is 10.2 Å². The SMILES string of the molecule is O.O.[H-].[H-].[Mg+2].c1cn[nH]c1. The summed E-state index contributed by atoms with van der Waals surface area (Å²) < 4.78 is 0. The molecule has 0 spiro atoms. The van der Waals surface area contributed by atoms with Crippen LogP contribution in [0.1, 0.15) is 2.85 Å². The Bertz CT molecular complexity index is 79.0. The van der Waals surface area contributed by atoms with E-state index in [4.69, 9.17) is 0 Å². The van der Waals surface area contributed by atoms with Crippen molar-refractivity contribution >= 4 is 23.1 Å². The molecule has 0 atom stereocenters. The Hall–Kier alpha value is -0.104. The van der Waals surface area contributed by atoms with Crippen LogP contribution in [0.2, 0.25) is 0 Å². The van der Waals surface area contributed by atoms with Gasteiger partial charge in [0.2, 0.25) is 0 Å². The molecule has 0 bridgehead atoms. The summed E-state index contributed by atoms with van der Waals surface area (Å²) in [6.45, 7) is 0. The number of nitrogens with one attached hydrogen (secondary N) is 1. The third kappa shape index (κ3) is 5.90. The molecule has 4 nitrogen and oxygen atoms in total. The van der Waals surface area contributed by atoms with Crippen molar-refractivity contribution in [2.75, 3.05) is 0 Å². The molecule has 8 heavy (non-hydrogen) atoms. The maximum atomic E-state index is 3.60. The van der Waals surface area contributed by atoms with Gasteiger partial charge >= 0.3 is 23.1 Å². The van der Waals surface area contributed by atoms with E-state index in [-0.39, 0.29) is 36.9 Å². The number of rotatable bonds is 0. The standard InChI is InChI=1S/C3H4N2.Mg.2H2O.2H/c1-2-4-5-3-1;;;;;/h1-3H,(H,4,5);;2*1H2;;/q;+2;;;2*-1. The van der Waals surface area contributed by atoms with Gasteiger partial charge in [-0.25, -0.2) is 0 Å². The number of aromatic nitrogens is 2. The number of H-pyrrole nitrogens is 1. The first kappa shape index (κ1) is 15.7. The smallest absolute Gasteiger partial charge is 1.00 e. The first-order valence-corrected chi connectivity index (χ1v) is 1.44. The molecule has 46 valence electrons. The summed E-state index contributed by atoms with van der Waals surface area (Å²) in [5.41, 5.74) is 0. The molecule has 1 rings (SSSR count). The van der Waals surface area contributed by atoms with Gasteiger partial charge in [-0.2, -0.15) is 5.10 Å². The minimum Gasteiger partial charge on any atom is -1.00 e. The molecular formula is C3H10MgN2O2. The molecule has 0 saturated carbocycles. The zero-order valence-electron chi connectivity index (χ0n) is 6.39. The number of aromatic amines is 1. The van der Waals surface area contributed by atoms with Crippen molar-refractivity contribution in [3.63, 3.8) is 0 Å². The predicted octanol–water partition coefficient (Wildman–Crippen LogP) is -1.40. The van der Waals surface area contributed by atoms with Gasteiger partial charge in [0.25, 0.3) is 0 Å². The second kappa shape index (κ2) is 10.0. The van der Waals surface area contributed by atoms with Crippen molar-refractivity contribution in [3.8, 4) is 0 Å². The summed E-state index contributed by atoms with van der Waals surface area (Å²) in [6.07, 6.45) is 3.46. The molecule has 1 heterocycles. The third-order valence-electron chi connectivity index (χ3n) is 0.406. The molecule has 0 amide bonds. The van der Waals surface area contributed by atoms with Gasteiger partial charge in [-0.3, -0.25) is 5.10 Å². The molecule has 1 aromatic rings. The van der Waals surface area contributed by atoms with Gasteiger partial charge in [-0.15, -0.1) is 0 Å². The largest absolute Gasteiger partial charge is 2.00 e. The van der Waals surface area contributed by atoms with Crippen LogP contribution >= 0.6 is 0 Å². The second-order valence-corrected chi connectivity index (χ2v) is 0.766. The maximum absolute atomic E-state index is 3.60. The van der Waals surface area contributed by atoms with Crippen LogP contribution in [0.5, 0.6) is 0 Å². The Labute approximate surface area is 66.0 Å². The second-order valence-electron chi connectivity index (χ2n) is 0.766. The van der Waals surface area contributed by atoms with Gasteiger partial charge in [0.1, 0.15) is 0 Å². The van der Waals surface area contributed by atoms with Crippen molar-refractivity contribution in [2.45, 2.75) is 0 Å². The molecule has 5 heteroatoms. The van der Waals surface area contributed by atoms with Crippen LogP contribution in [0.25, 0.3) is 0 Å². The summed E-state index contributed by atoms with van der Waals surface area (Å²) in [7, 11) is 0. The van der Waals surface area contributed by atoms with Crippen LogP contribution in [0.4, 0.5) is 0 Å². The number of hydrogen-bond acceptors (Lipinski definition) is 1. The zero-order chi connectivity index (χ0) is 3.54. The first-order chi connectivity index (χ1) is 2.50. The fraction of sp³-hybridized carbons (Fsp3) is 0. The van der Waals surface area contributed by atoms with Crippen molar-refractivity contribution < 1.29 is 13.8 Å². The molecule has 5 N–H and O–H groups in total. The van der Waals surface area contributed by atoms with Gasteiger partial charge in [0, 0.05) is 12.4 Å². The topological polar surface area (TPSA) is 91.7 Å². The Morgan fingerprint density at radius 1 is 1.38 bits per heavy atom. The molecule has 0 aliphatic carbocycles. The fourth-order valence-corrected chi connectivity index (χ4v) is 0.215. The van der Waals surface area contributed by atoms with E-state index in [1.165, 1.54) is 0 Å². The quantitative estimate of drug-likeness (QED) is 0.430. The molecule has 0 fully saturated rings. The summed E-state index contributed by atoms with van der Waals surface area (Å²) in [5, 5.41) is 6.21. The van der Waals surface area contributed by atoms with Crippen LogP contribution in [-0.4, -0.2) is 44.2 Å². The molecule has 0 aliphatic rings. The molecule has 0 unspecified atom stereocenters. The van der Waals surface area contributed by atoms with E-state index >= 15 is 0 Å². The molecule has 0 saturated heterocycles. The Morgan fingerprint density at radius 2 is 2.00 bits per heavy atom. The van der Waals surface area contributed by atoms with E-state index in [0.717, 1.165) is 0 Å². The van der Waals surface area contributed by atoms with E-state index in [1.54, 1.807) is 12.4 Å². The van der Waals surface area contributed by atoms with Crippen molar-refractivity contribution in [2.24, 2.45) is 0 Å². The molecule has 0 aromatic carbocycles. The van der Waals surface area contributed by atoms with Crippen molar-refractivity contribution in [1.29, 1.82) is 0 Å². The molecule has 1 aromatic heterocycles. The van der Waals surface area contributed by atoms with E-state index in [0.29, 0.717) is 0 Å². The van der Waals surface area contributed by atoms with Crippen LogP contribution in [0.3, 0.4) is 0 Å². The normalized spacial score (nSPS) is 5.00. The Balaban J connectivity index is -0.0000000167. The van der Waals surface area contributed by atoms with Crippen LogP contribution < -0.4 is 0 Å². The number of hydrogen-bond donors (Lipinski definition) is 1. The minimum absolute atomic E-state index is 0. The van der Waals surface area contributed by atoms with E-state index in [2.05, 4.69) is 10.2 Å². The van der Waals surface area contributed by atoms with Crippen LogP contribution in [0, 0.1) is 0 Å². The molecular weight excluding hydrogens is 120 g/mol. The average Bonchev–Trinajstić information content (AvgIpc) is 1.76. The monoisotopic (exact) mass is 130 g/mol. The summed E-state index contributed by atoms with van der Waals surface area (Å²) in [6, 6.07) is 1.83. The molecule has 0 radical (unpaired) electrons. The van der Waals surface area contributed by atoms with Gasteiger partial charge in [0.05, 0.1) is 0 Å². The van der Waals surface area contributed by atoms with Gasteiger partial charge in [-0.05, 0) is 6.07 Å². The van der Waals surface area contributed by atoms with Gasteiger partial charge in [0.15, 0.2) is 0 Å². The number of nitrogens with zero attached hydrogens (tertiary/aromatic N) is 1. The van der Waals surface area contributed by atoms with Gasteiger partial charge < -0.3 is 13.8 Å². The first-order valence-electron chi connectivity index (χ1n) is 1.44. The average molecular weight is 130 g/mol. The van der Waals surface area contributed by atoms with Crippen molar-refractivity contribution in [3.05, 3.63) is 18.5 Å². The van der Waals surface area contributed by atoms with Crippen LogP contribution in [-0.2, 0) is 0 Å². The zero-order valence-corrected chi connectivity index (χ0v) is 5.80. The Kier molecular flexibility index (Phi) is 19.6. The summed E-state index contributed by atoms with van der Waals surface area (Å²) in [5.74, 6) is 0. The van der Waals surface area contributed by atoms with Crippen LogP contribution in [0.15, 0.2) is 18.5 Å². The van der Waals surface area contributed by atoms with E-state index in [1.807, 2.05) is 6.07 Å². The summed E-state index contributed by atoms with van der Waals surface area (Å²) in [4.78, 5) is 0. The van der Waals surface area contributed by atoms with E-state index in [9.17, 15) is 0 Å². The maximum Gasteiger partial charge on any atom is 2.00 e. The summed E-state index contributed by atoms with van der Waals surface area (Å²) >= 11 is 0. The minimum atomic E-state index is 0. The Morgan fingerprint density at radius 3 is 2.12 bits per heavy atom. The van der Waals surface area contributed by atoms with Gasteiger partial charge in [-0.1, -0.05) is 0 Å². The fourth-order valence-electron chi connectivity index (χ4n) is 0.215. The van der Waals surface area contributed by atoms with E-state index < -0.39 is 0 Å².